The van der Waals surface area contributed by atoms with Gasteiger partial charge in [-0.05, 0) is 57.9 Å². The number of hydrogen-bond acceptors (Lipinski definition) is 5. The van der Waals surface area contributed by atoms with Gasteiger partial charge < -0.3 is 14.4 Å². The van der Waals surface area contributed by atoms with Crippen LogP contribution in [0.25, 0.3) is 11.2 Å². The number of carbonyl (C=O) groups is 1. The molecular formula is C24H32N4O3. The van der Waals surface area contributed by atoms with Gasteiger partial charge in [0.05, 0.1) is 23.3 Å². The van der Waals surface area contributed by atoms with Crippen molar-refractivity contribution in [2.75, 3.05) is 26.3 Å². The van der Waals surface area contributed by atoms with Crippen LogP contribution >= 0.6 is 0 Å². The van der Waals surface area contributed by atoms with Gasteiger partial charge >= 0.3 is 6.09 Å². The van der Waals surface area contributed by atoms with E-state index in [1.165, 1.54) is 11.3 Å². The Kier molecular flexibility index (Phi) is 5.24. The molecule has 0 aromatic carbocycles. The Hall–Kier alpha value is -2.41. The van der Waals surface area contributed by atoms with Crippen LogP contribution in [0.2, 0.25) is 0 Å². The highest BCUT2D eigenvalue weighted by Crippen LogP contribution is 2.38. The van der Waals surface area contributed by atoms with Gasteiger partial charge in [-0.2, -0.15) is 0 Å². The van der Waals surface area contributed by atoms with E-state index < -0.39 is 5.60 Å². The van der Waals surface area contributed by atoms with Crippen molar-refractivity contribution in [3.8, 4) is 0 Å². The molecule has 3 aliphatic rings. The summed E-state index contributed by atoms with van der Waals surface area (Å²) in [5.41, 5.74) is 5.22. The summed E-state index contributed by atoms with van der Waals surface area (Å²) in [5.74, 6) is 0.749. The quantitative estimate of drug-likeness (QED) is 0.722. The largest absolute Gasteiger partial charge is 0.444 e. The van der Waals surface area contributed by atoms with E-state index in [4.69, 9.17) is 19.4 Å². The standard InChI is InChI=1S/C24H32N4O3/c1-24(2,3)31-23(29)27-10-4-5-17(14-27)20-15-28-21(26-20)13-25-19-7-6-18(22(19)28)16-8-11-30-12-9-16/h6,13,15-17H,4-5,7-12,14H2,1-3H3. The molecule has 2 aliphatic heterocycles. The highest BCUT2D eigenvalue weighted by atomic mass is 16.6. The summed E-state index contributed by atoms with van der Waals surface area (Å²) in [4.78, 5) is 24.1. The third kappa shape index (κ3) is 4.07. The lowest BCUT2D eigenvalue weighted by Crippen LogP contribution is -2.42. The molecule has 0 bridgehead atoms. The maximum atomic E-state index is 12.6. The van der Waals surface area contributed by atoms with Crippen molar-refractivity contribution in [1.29, 1.82) is 0 Å². The van der Waals surface area contributed by atoms with Crippen LogP contribution in [0.4, 0.5) is 4.79 Å². The third-order valence-electron chi connectivity index (χ3n) is 6.54. The zero-order valence-corrected chi connectivity index (χ0v) is 18.8. The number of carbonyl (C=O) groups excluding carboxylic acids is 1. The summed E-state index contributed by atoms with van der Waals surface area (Å²) in [5, 5.41) is 0. The van der Waals surface area contributed by atoms with Crippen molar-refractivity contribution < 1.29 is 14.3 Å². The maximum absolute atomic E-state index is 12.6. The first-order valence-electron chi connectivity index (χ1n) is 11.5. The second-order valence-electron chi connectivity index (χ2n) is 9.96. The molecule has 1 unspecified atom stereocenters. The zero-order chi connectivity index (χ0) is 21.6. The normalized spacial score (nSPS) is 22.5. The van der Waals surface area contributed by atoms with E-state index in [0.29, 0.717) is 12.5 Å². The molecule has 7 nitrogen and oxygen atoms in total. The van der Waals surface area contributed by atoms with Gasteiger partial charge in [-0.1, -0.05) is 6.08 Å². The zero-order valence-electron chi connectivity index (χ0n) is 18.8. The van der Waals surface area contributed by atoms with Crippen LogP contribution in [-0.2, 0) is 15.9 Å². The Labute approximate surface area is 183 Å². The van der Waals surface area contributed by atoms with Crippen molar-refractivity contribution in [1.82, 2.24) is 19.3 Å². The third-order valence-corrected chi connectivity index (χ3v) is 6.54. The van der Waals surface area contributed by atoms with Crippen LogP contribution in [0.3, 0.4) is 0 Å². The lowest BCUT2D eigenvalue weighted by atomic mass is 9.90. The Balaban J connectivity index is 1.41. The molecule has 0 saturated carbocycles. The fourth-order valence-corrected chi connectivity index (χ4v) is 5.05. The first-order valence-corrected chi connectivity index (χ1v) is 11.5. The van der Waals surface area contributed by atoms with E-state index >= 15 is 0 Å². The summed E-state index contributed by atoms with van der Waals surface area (Å²) < 4.78 is 13.4. The van der Waals surface area contributed by atoms with Crippen LogP contribution in [0.5, 0.6) is 0 Å². The maximum Gasteiger partial charge on any atom is 0.410 e. The molecule has 2 aromatic heterocycles. The number of imidazole rings is 1. The molecule has 0 spiro atoms. The summed E-state index contributed by atoms with van der Waals surface area (Å²) in [7, 11) is 0. The predicted octanol–water partition coefficient (Wildman–Crippen LogP) is 4.21. The molecule has 2 aromatic rings. The highest BCUT2D eigenvalue weighted by Gasteiger charge is 2.31. The number of likely N-dealkylation sites (tertiary alicyclic amines) is 1. The minimum atomic E-state index is -0.480. The lowest BCUT2D eigenvalue weighted by molar-refractivity contribution is 0.0197. The fourth-order valence-electron chi connectivity index (χ4n) is 5.05. The molecule has 1 aliphatic carbocycles. The van der Waals surface area contributed by atoms with Gasteiger partial charge in [-0.3, -0.25) is 9.38 Å². The van der Waals surface area contributed by atoms with Crippen molar-refractivity contribution >= 4 is 17.3 Å². The highest BCUT2D eigenvalue weighted by molar-refractivity contribution is 5.73. The van der Waals surface area contributed by atoms with Gasteiger partial charge in [-0.15, -0.1) is 0 Å². The smallest absolute Gasteiger partial charge is 0.410 e. The second-order valence-corrected chi connectivity index (χ2v) is 9.96. The van der Waals surface area contributed by atoms with E-state index in [1.54, 1.807) is 0 Å². The van der Waals surface area contributed by atoms with Gasteiger partial charge in [0.15, 0.2) is 5.65 Å². The monoisotopic (exact) mass is 424 g/mol. The second kappa shape index (κ2) is 7.93. The molecular weight excluding hydrogens is 392 g/mol. The van der Waals surface area contributed by atoms with Crippen LogP contribution < -0.4 is 0 Å². The summed E-state index contributed by atoms with van der Waals surface area (Å²) >= 11 is 0. The molecule has 0 N–H and O–H groups in total. The number of fused-ring (bicyclic) bond motifs is 3. The lowest BCUT2D eigenvalue weighted by Gasteiger charge is -2.33. The minimum Gasteiger partial charge on any atom is -0.444 e. The Bertz CT molecular complexity index is 1010. The first-order chi connectivity index (χ1) is 14.9. The van der Waals surface area contributed by atoms with E-state index in [0.717, 1.165) is 68.9 Å². The van der Waals surface area contributed by atoms with Crippen molar-refractivity contribution in [3.63, 3.8) is 0 Å². The van der Waals surface area contributed by atoms with Crippen molar-refractivity contribution in [2.24, 2.45) is 5.92 Å². The number of aromatic nitrogens is 3. The van der Waals surface area contributed by atoms with Crippen LogP contribution in [0.1, 0.15) is 69.5 Å². The SMILES string of the molecule is CC(C)(C)OC(=O)N1CCCC(c2cn3c4c(ncc3n2)CC=C4C2CCOCC2)C1. The molecule has 0 radical (unpaired) electrons. The predicted molar refractivity (Wildman–Crippen MR) is 118 cm³/mol. The molecule has 2 saturated heterocycles. The Morgan fingerprint density at radius 1 is 1.19 bits per heavy atom. The topological polar surface area (TPSA) is 69.0 Å². The van der Waals surface area contributed by atoms with E-state index in [9.17, 15) is 4.79 Å². The Morgan fingerprint density at radius 3 is 2.77 bits per heavy atom. The van der Waals surface area contributed by atoms with Gasteiger partial charge in [0.2, 0.25) is 0 Å². The molecule has 4 heterocycles. The van der Waals surface area contributed by atoms with E-state index in [-0.39, 0.29) is 12.0 Å². The number of hydrogen-bond donors (Lipinski definition) is 0. The number of piperidine rings is 1. The average Bonchev–Trinajstić information content (AvgIpc) is 3.37. The molecule has 2 fully saturated rings. The van der Waals surface area contributed by atoms with E-state index in [2.05, 4.69) is 16.7 Å². The summed E-state index contributed by atoms with van der Waals surface area (Å²) in [6.07, 6.45) is 11.2. The number of amides is 1. The molecule has 1 amide bonds. The van der Waals surface area contributed by atoms with Gasteiger partial charge in [-0.25, -0.2) is 9.78 Å². The van der Waals surface area contributed by atoms with Gasteiger partial charge in [0.25, 0.3) is 0 Å². The number of allylic oxidation sites excluding steroid dienone is 2. The molecule has 166 valence electrons. The van der Waals surface area contributed by atoms with Gasteiger partial charge in [0.1, 0.15) is 5.60 Å². The number of ether oxygens (including phenoxy) is 2. The number of rotatable bonds is 2. The molecule has 1 atom stereocenters. The number of nitrogens with zero attached hydrogens (tertiary/aromatic N) is 4. The van der Waals surface area contributed by atoms with Crippen molar-refractivity contribution in [2.45, 2.75) is 64.4 Å². The Morgan fingerprint density at radius 2 is 2.00 bits per heavy atom. The van der Waals surface area contributed by atoms with Crippen LogP contribution in [-0.4, -0.2) is 57.3 Å². The van der Waals surface area contributed by atoms with Crippen LogP contribution in [0, 0.1) is 5.92 Å². The fraction of sp³-hybridized carbons (Fsp3) is 0.625. The van der Waals surface area contributed by atoms with Crippen LogP contribution in [0.15, 0.2) is 18.5 Å². The summed E-state index contributed by atoms with van der Waals surface area (Å²) in [6, 6.07) is 0. The summed E-state index contributed by atoms with van der Waals surface area (Å²) in [6.45, 7) is 8.78. The van der Waals surface area contributed by atoms with E-state index in [1.807, 2.05) is 31.9 Å². The minimum absolute atomic E-state index is 0.216. The molecule has 5 rings (SSSR count). The average molecular weight is 425 g/mol. The molecule has 7 heteroatoms. The van der Waals surface area contributed by atoms with Crippen molar-refractivity contribution in [3.05, 3.63) is 35.6 Å². The first kappa shape index (κ1) is 20.5. The molecule has 31 heavy (non-hydrogen) atoms. The van der Waals surface area contributed by atoms with Gasteiger partial charge in [0, 0.05) is 44.8 Å².